The highest BCUT2D eigenvalue weighted by Crippen LogP contribution is 2.40. The SMILES string of the molecule is COc1cc(Nc2cc(C)nc(-c3cccc(C(C)=O)c3)n2)cc(OC)c1OC. The van der Waals surface area contributed by atoms with Crippen LogP contribution in [0.3, 0.4) is 0 Å². The summed E-state index contributed by atoms with van der Waals surface area (Å²) >= 11 is 0. The number of methoxy groups -OCH3 is 3. The van der Waals surface area contributed by atoms with E-state index < -0.39 is 0 Å². The third-order valence-corrected chi connectivity index (χ3v) is 4.32. The van der Waals surface area contributed by atoms with E-state index in [4.69, 9.17) is 14.2 Å². The summed E-state index contributed by atoms with van der Waals surface area (Å²) in [6, 6.07) is 12.7. The monoisotopic (exact) mass is 393 g/mol. The van der Waals surface area contributed by atoms with Crippen LogP contribution in [-0.2, 0) is 0 Å². The molecule has 1 heterocycles. The zero-order chi connectivity index (χ0) is 21.0. The van der Waals surface area contributed by atoms with E-state index in [1.807, 2.05) is 25.1 Å². The summed E-state index contributed by atoms with van der Waals surface area (Å²) in [6.07, 6.45) is 0. The molecule has 0 spiro atoms. The van der Waals surface area contributed by atoms with Crippen molar-refractivity contribution in [3.63, 3.8) is 0 Å². The van der Waals surface area contributed by atoms with Crippen molar-refractivity contribution in [1.29, 1.82) is 0 Å². The Hall–Kier alpha value is -3.61. The van der Waals surface area contributed by atoms with Crippen molar-refractivity contribution in [2.75, 3.05) is 26.6 Å². The zero-order valence-corrected chi connectivity index (χ0v) is 17.1. The highest BCUT2D eigenvalue weighted by atomic mass is 16.5. The second kappa shape index (κ2) is 8.60. The average molecular weight is 393 g/mol. The number of nitrogens with zero attached hydrogens (tertiary/aromatic N) is 2. The number of aryl methyl sites for hydroxylation is 1. The molecule has 0 aliphatic carbocycles. The number of carbonyl (C=O) groups is 1. The van der Waals surface area contributed by atoms with Gasteiger partial charge in [-0.05, 0) is 19.9 Å². The number of ketones is 1. The Kier molecular flexibility index (Phi) is 5.97. The molecule has 0 unspecified atom stereocenters. The highest BCUT2D eigenvalue weighted by molar-refractivity contribution is 5.95. The second-order valence-electron chi connectivity index (χ2n) is 6.39. The highest BCUT2D eigenvalue weighted by Gasteiger charge is 2.14. The van der Waals surface area contributed by atoms with Crippen LogP contribution >= 0.6 is 0 Å². The molecule has 2 aromatic carbocycles. The van der Waals surface area contributed by atoms with Gasteiger partial charge >= 0.3 is 0 Å². The maximum Gasteiger partial charge on any atom is 0.203 e. The number of nitrogens with one attached hydrogen (secondary N) is 1. The summed E-state index contributed by atoms with van der Waals surface area (Å²) in [6.45, 7) is 3.42. The molecule has 7 nitrogen and oxygen atoms in total. The lowest BCUT2D eigenvalue weighted by Gasteiger charge is -2.15. The van der Waals surface area contributed by atoms with Gasteiger partial charge in [0.15, 0.2) is 23.1 Å². The number of benzene rings is 2. The van der Waals surface area contributed by atoms with E-state index in [1.54, 1.807) is 45.6 Å². The van der Waals surface area contributed by atoms with Crippen LogP contribution in [0.4, 0.5) is 11.5 Å². The fraction of sp³-hybridized carbons (Fsp3) is 0.227. The number of hydrogen-bond donors (Lipinski definition) is 1. The smallest absolute Gasteiger partial charge is 0.203 e. The van der Waals surface area contributed by atoms with Gasteiger partial charge in [-0.2, -0.15) is 0 Å². The van der Waals surface area contributed by atoms with Crippen LogP contribution in [-0.4, -0.2) is 37.1 Å². The average Bonchev–Trinajstić information content (AvgIpc) is 2.72. The predicted molar refractivity (Wildman–Crippen MR) is 112 cm³/mol. The van der Waals surface area contributed by atoms with Gasteiger partial charge in [-0.1, -0.05) is 18.2 Å². The number of aromatic nitrogens is 2. The molecule has 1 aromatic heterocycles. The molecular formula is C22H23N3O4. The van der Waals surface area contributed by atoms with Gasteiger partial charge in [0, 0.05) is 40.7 Å². The van der Waals surface area contributed by atoms with E-state index in [0.717, 1.165) is 16.9 Å². The van der Waals surface area contributed by atoms with Crippen LogP contribution in [0.15, 0.2) is 42.5 Å². The molecular weight excluding hydrogens is 370 g/mol. The summed E-state index contributed by atoms with van der Waals surface area (Å²) in [7, 11) is 4.69. The van der Waals surface area contributed by atoms with Crippen LogP contribution in [0.5, 0.6) is 17.2 Å². The molecule has 0 saturated heterocycles. The fourth-order valence-electron chi connectivity index (χ4n) is 2.94. The number of Topliss-reactive ketones (excluding diaryl/α,β-unsaturated/α-hetero) is 1. The molecule has 7 heteroatoms. The largest absolute Gasteiger partial charge is 0.493 e. The van der Waals surface area contributed by atoms with Crippen molar-refractivity contribution >= 4 is 17.3 Å². The molecule has 3 rings (SSSR count). The van der Waals surface area contributed by atoms with E-state index in [2.05, 4.69) is 15.3 Å². The molecule has 29 heavy (non-hydrogen) atoms. The van der Waals surface area contributed by atoms with Crippen molar-refractivity contribution in [2.45, 2.75) is 13.8 Å². The van der Waals surface area contributed by atoms with Gasteiger partial charge in [-0.25, -0.2) is 9.97 Å². The second-order valence-corrected chi connectivity index (χ2v) is 6.39. The van der Waals surface area contributed by atoms with E-state index in [9.17, 15) is 4.79 Å². The lowest BCUT2D eigenvalue weighted by Crippen LogP contribution is -2.01. The van der Waals surface area contributed by atoms with Gasteiger partial charge in [-0.15, -0.1) is 0 Å². The van der Waals surface area contributed by atoms with Crippen molar-refractivity contribution in [3.05, 3.63) is 53.7 Å². The third kappa shape index (κ3) is 4.45. The van der Waals surface area contributed by atoms with Gasteiger partial charge in [0.05, 0.1) is 21.3 Å². The fourth-order valence-corrected chi connectivity index (χ4v) is 2.94. The molecule has 0 atom stereocenters. The van der Waals surface area contributed by atoms with Gasteiger partial charge in [-0.3, -0.25) is 4.79 Å². The minimum atomic E-state index is -0.00438. The van der Waals surface area contributed by atoms with E-state index >= 15 is 0 Å². The van der Waals surface area contributed by atoms with Gasteiger partial charge in [0.1, 0.15) is 5.82 Å². The van der Waals surface area contributed by atoms with Crippen molar-refractivity contribution in [2.24, 2.45) is 0 Å². The van der Waals surface area contributed by atoms with Crippen molar-refractivity contribution < 1.29 is 19.0 Å². The topological polar surface area (TPSA) is 82.6 Å². The Bertz CT molecular complexity index is 1020. The van der Waals surface area contributed by atoms with Crippen LogP contribution < -0.4 is 19.5 Å². The summed E-state index contributed by atoms with van der Waals surface area (Å²) in [5.41, 5.74) is 2.90. The molecule has 3 aromatic rings. The first-order valence-corrected chi connectivity index (χ1v) is 8.99. The van der Waals surface area contributed by atoms with Crippen molar-refractivity contribution in [1.82, 2.24) is 9.97 Å². The number of rotatable bonds is 7. The molecule has 0 amide bonds. The van der Waals surface area contributed by atoms with Crippen molar-refractivity contribution in [3.8, 4) is 28.6 Å². The maximum atomic E-state index is 11.7. The first-order chi connectivity index (χ1) is 13.9. The van der Waals surface area contributed by atoms with E-state index in [0.29, 0.717) is 34.5 Å². The van der Waals surface area contributed by atoms with Crippen LogP contribution in [0.1, 0.15) is 23.0 Å². The standard InChI is InChI=1S/C22H23N3O4/c1-13-9-20(24-17-11-18(27-3)21(29-5)19(12-17)28-4)25-22(23-13)16-8-6-7-15(10-16)14(2)26/h6-12H,1-5H3,(H,23,24,25). The minimum absolute atomic E-state index is 0.00438. The van der Waals surface area contributed by atoms with Crippen LogP contribution in [0.25, 0.3) is 11.4 Å². The Balaban J connectivity index is 1.99. The quantitative estimate of drug-likeness (QED) is 0.595. The van der Waals surface area contributed by atoms with E-state index in [-0.39, 0.29) is 5.78 Å². The normalized spacial score (nSPS) is 10.4. The predicted octanol–water partition coefficient (Wildman–Crippen LogP) is 4.42. The first-order valence-electron chi connectivity index (χ1n) is 8.99. The Morgan fingerprint density at radius 2 is 1.62 bits per heavy atom. The lowest BCUT2D eigenvalue weighted by atomic mass is 10.1. The third-order valence-electron chi connectivity index (χ3n) is 4.32. The zero-order valence-electron chi connectivity index (χ0n) is 17.1. The summed E-state index contributed by atoms with van der Waals surface area (Å²) < 4.78 is 16.2. The lowest BCUT2D eigenvalue weighted by molar-refractivity contribution is 0.101. The number of anilines is 2. The molecule has 0 aliphatic rings. The number of ether oxygens (including phenoxy) is 3. The van der Waals surface area contributed by atoms with Crippen LogP contribution in [0.2, 0.25) is 0 Å². The van der Waals surface area contributed by atoms with E-state index in [1.165, 1.54) is 6.92 Å². The Labute approximate surface area is 169 Å². The molecule has 1 N–H and O–H groups in total. The molecule has 0 bridgehead atoms. The molecule has 0 saturated carbocycles. The Morgan fingerprint density at radius 1 is 0.931 bits per heavy atom. The van der Waals surface area contributed by atoms with Gasteiger partial charge in [0.2, 0.25) is 5.75 Å². The molecule has 150 valence electrons. The molecule has 0 aliphatic heterocycles. The number of carbonyl (C=O) groups excluding carboxylic acids is 1. The summed E-state index contributed by atoms with van der Waals surface area (Å²) in [4.78, 5) is 20.8. The van der Waals surface area contributed by atoms with Crippen LogP contribution in [0, 0.1) is 6.92 Å². The van der Waals surface area contributed by atoms with Gasteiger partial charge < -0.3 is 19.5 Å². The molecule has 0 radical (unpaired) electrons. The van der Waals surface area contributed by atoms with Gasteiger partial charge in [0.25, 0.3) is 0 Å². The minimum Gasteiger partial charge on any atom is -0.493 e. The Morgan fingerprint density at radius 3 is 2.21 bits per heavy atom. The maximum absolute atomic E-state index is 11.7. The summed E-state index contributed by atoms with van der Waals surface area (Å²) in [5, 5.41) is 3.26. The summed E-state index contributed by atoms with van der Waals surface area (Å²) in [5.74, 6) is 2.72. The number of hydrogen-bond acceptors (Lipinski definition) is 7. The first kappa shape index (κ1) is 20.1. The molecule has 0 fully saturated rings.